The first-order valence-corrected chi connectivity index (χ1v) is 11.0. The van der Waals surface area contributed by atoms with E-state index in [1.165, 1.54) is 0 Å². The molecule has 1 aromatic carbocycles. The lowest BCUT2D eigenvalue weighted by Gasteiger charge is -2.20. The van der Waals surface area contributed by atoms with Crippen LogP contribution in [0.15, 0.2) is 41.8 Å². The Morgan fingerprint density at radius 2 is 1.67 bits per heavy atom. The molecule has 2 aromatic rings. The van der Waals surface area contributed by atoms with Gasteiger partial charge in [-0.3, -0.25) is 19.3 Å². The number of nitrogens with zero attached hydrogens (tertiary/aromatic N) is 2. The largest absolute Gasteiger partial charge is 0.350 e. The van der Waals surface area contributed by atoms with Crippen LogP contribution in [-0.4, -0.2) is 60.2 Å². The van der Waals surface area contributed by atoms with E-state index in [2.05, 4.69) is 10.6 Å². The number of hydrogen-bond acceptors (Lipinski definition) is 5. The van der Waals surface area contributed by atoms with Crippen molar-refractivity contribution < 1.29 is 14.4 Å². The van der Waals surface area contributed by atoms with Crippen molar-refractivity contribution in [3.05, 3.63) is 52.2 Å². The molecule has 0 spiro atoms. The third kappa shape index (κ3) is 7.27. The predicted octanol–water partition coefficient (Wildman–Crippen LogP) is 2.81. The van der Waals surface area contributed by atoms with Gasteiger partial charge in [-0.1, -0.05) is 19.1 Å². The summed E-state index contributed by atoms with van der Waals surface area (Å²) in [6, 6.07) is 10.8. The molecule has 0 aliphatic rings. The number of benzene rings is 1. The van der Waals surface area contributed by atoms with Gasteiger partial charge in [-0.15, -0.1) is 11.3 Å². The summed E-state index contributed by atoms with van der Waals surface area (Å²) in [5.74, 6) is -0.408. The lowest BCUT2D eigenvalue weighted by atomic mass is 10.1. The van der Waals surface area contributed by atoms with Gasteiger partial charge < -0.3 is 15.5 Å². The number of hydrogen-bond donors (Lipinski definition) is 2. The summed E-state index contributed by atoms with van der Waals surface area (Å²) in [4.78, 5) is 41.7. The Kier molecular flexibility index (Phi) is 9.50. The van der Waals surface area contributed by atoms with E-state index in [9.17, 15) is 14.4 Å². The molecule has 0 aliphatic heterocycles. The van der Waals surface area contributed by atoms with Crippen molar-refractivity contribution in [2.24, 2.45) is 0 Å². The second-order valence-corrected chi connectivity index (χ2v) is 7.80. The molecule has 0 aliphatic carbocycles. The van der Waals surface area contributed by atoms with Gasteiger partial charge in [0.15, 0.2) is 0 Å². The number of thiophene rings is 1. The summed E-state index contributed by atoms with van der Waals surface area (Å²) in [7, 11) is 0. The molecular formula is C22H30N4O3S. The first-order valence-electron chi connectivity index (χ1n) is 10.2. The molecular weight excluding hydrogens is 400 g/mol. The molecule has 2 rings (SSSR count). The van der Waals surface area contributed by atoms with Crippen LogP contribution in [0, 0.1) is 0 Å². The Bertz CT molecular complexity index is 835. The quantitative estimate of drug-likeness (QED) is 0.574. The van der Waals surface area contributed by atoms with Crippen molar-refractivity contribution in [3.8, 4) is 0 Å². The minimum Gasteiger partial charge on any atom is -0.350 e. The summed E-state index contributed by atoms with van der Waals surface area (Å²) >= 11 is 1.59. The Labute approximate surface area is 182 Å². The van der Waals surface area contributed by atoms with Gasteiger partial charge in [-0.25, -0.2) is 0 Å². The molecule has 162 valence electrons. The van der Waals surface area contributed by atoms with Gasteiger partial charge in [0.05, 0.1) is 19.6 Å². The zero-order valence-corrected chi connectivity index (χ0v) is 18.6. The minimum absolute atomic E-state index is 0.0614. The first kappa shape index (κ1) is 23.6. The molecule has 2 N–H and O–H groups in total. The van der Waals surface area contributed by atoms with Crippen molar-refractivity contribution in [2.75, 3.05) is 38.0 Å². The number of carbonyl (C=O) groups excluding carboxylic acids is 3. The number of rotatable bonds is 11. The Morgan fingerprint density at radius 1 is 0.933 bits per heavy atom. The van der Waals surface area contributed by atoms with Gasteiger partial charge in [0, 0.05) is 29.2 Å². The molecule has 0 bridgehead atoms. The van der Waals surface area contributed by atoms with Gasteiger partial charge in [-0.05, 0) is 50.0 Å². The van der Waals surface area contributed by atoms with E-state index >= 15 is 0 Å². The topological polar surface area (TPSA) is 81.8 Å². The first-order chi connectivity index (χ1) is 14.5. The smallest absolute Gasteiger partial charge is 0.253 e. The van der Waals surface area contributed by atoms with E-state index in [1.54, 1.807) is 45.4 Å². The van der Waals surface area contributed by atoms with E-state index < -0.39 is 0 Å². The fourth-order valence-corrected chi connectivity index (χ4v) is 3.61. The second-order valence-electron chi connectivity index (χ2n) is 6.77. The maximum Gasteiger partial charge on any atom is 0.253 e. The van der Waals surface area contributed by atoms with Gasteiger partial charge in [0.2, 0.25) is 11.8 Å². The summed E-state index contributed by atoms with van der Waals surface area (Å²) in [6.45, 7) is 8.34. The molecule has 0 fully saturated rings. The van der Waals surface area contributed by atoms with Gasteiger partial charge in [0.25, 0.3) is 5.91 Å². The average molecular weight is 431 g/mol. The van der Waals surface area contributed by atoms with E-state index in [0.29, 0.717) is 37.4 Å². The molecule has 0 radical (unpaired) electrons. The fraction of sp³-hybridized carbons (Fsp3) is 0.409. The molecule has 0 saturated carbocycles. The maximum atomic E-state index is 12.5. The lowest BCUT2D eigenvalue weighted by molar-refractivity contribution is -0.123. The van der Waals surface area contributed by atoms with Gasteiger partial charge in [-0.2, -0.15) is 0 Å². The molecule has 1 heterocycles. The molecule has 0 saturated heterocycles. The second kappa shape index (κ2) is 12.1. The SMILES string of the molecule is CCN(CC(=O)NCc1cccs1)CC(=O)Nc1cccc(C(=O)N(CC)CC)c1. The molecule has 8 heteroatoms. The minimum atomic E-state index is -0.227. The highest BCUT2D eigenvalue weighted by Crippen LogP contribution is 2.13. The average Bonchev–Trinajstić information content (AvgIpc) is 3.26. The third-order valence-corrected chi connectivity index (χ3v) is 5.54. The highest BCUT2D eigenvalue weighted by Gasteiger charge is 2.15. The van der Waals surface area contributed by atoms with Crippen molar-refractivity contribution in [3.63, 3.8) is 0 Å². The van der Waals surface area contributed by atoms with Crippen molar-refractivity contribution in [1.82, 2.24) is 15.1 Å². The van der Waals surface area contributed by atoms with Crippen LogP contribution in [0.1, 0.15) is 36.0 Å². The number of likely N-dealkylation sites (N-methyl/N-ethyl adjacent to an activating group) is 1. The number of amides is 3. The van der Waals surface area contributed by atoms with Gasteiger partial charge >= 0.3 is 0 Å². The zero-order valence-electron chi connectivity index (χ0n) is 17.8. The highest BCUT2D eigenvalue weighted by molar-refractivity contribution is 7.09. The number of carbonyl (C=O) groups is 3. The van der Waals surface area contributed by atoms with E-state index in [0.717, 1.165) is 4.88 Å². The van der Waals surface area contributed by atoms with Crippen LogP contribution in [0.4, 0.5) is 5.69 Å². The third-order valence-electron chi connectivity index (χ3n) is 4.67. The summed E-state index contributed by atoms with van der Waals surface area (Å²) in [5.41, 5.74) is 1.10. The number of nitrogens with one attached hydrogen (secondary N) is 2. The number of anilines is 1. The van der Waals surface area contributed by atoms with Crippen LogP contribution < -0.4 is 10.6 Å². The van der Waals surface area contributed by atoms with Crippen LogP contribution in [0.5, 0.6) is 0 Å². The van der Waals surface area contributed by atoms with Crippen LogP contribution in [0.3, 0.4) is 0 Å². The lowest BCUT2D eigenvalue weighted by Crippen LogP contribution is -2.40. The normalized spacial score (nSPS) is 10.7. The van der Waals surface area contributed by atoms with Gasteiger partial charge in [0.1, 0.15) is 0 Å². The zero-order chi connectivity index (χ0) is 21.9. The van der Waals surface area contributed by atoms with Crippen molar-refractivity contribution >= 4 is 34.7 Å². The summed E-state index contributed by atoms with van der Waals surface area (Å²) in [5, 5.41) is 7.66. The van der Waals surface area contributed by atoms with Crippen LogP contribution >= 0.6 is 11.3 Å². The standard InChI is InChI=1S/C22H30N4O3S/c1-4-25(15-20(27)23-14-19-11-8-12-30-19)16-21(28)24-18-10-7-9-17(13-18)22(29)26(5-2)6-3/h7-13H,4-6,14-16H2,1-3H3,(H,23,27)(H,24,28). The predicted molar refractivity (Wildman–Crippen MR) is 121 cm³/mol. The fourth-order valence-electron chi connectivity index (χ4n) is 2.96. The van der Waals surface area contributed by atoms with Crippen molar-refractivity contribution in [1.29, 1.82) is 0 Å². The Morgan fingerprint density at radius 3 is 2.30 bits per heavy atom. The summed E-state index contributed by atoms with van der Waals surface area (Å²) < 4.78 is 0. The van der Waals surface area contributed by atoms with E-state index in [4.69, 9.17) is 0 Å². The van der Waals surface area contributed by atoms with Crippen LogP contribution in [-0.2, 0) is 16.1 Å². The summed E-state index contributed by atoms with van der Waals surface area (Å²) in [6.07, 6.45) is 0. The molecule has 1 aromatic heterocycles. The van der Waals surface area contributed by atoms with Crippen molar-refractivity contribution in [2.45, 2.75) is 27.3 Å². The van der Waals surface area contributed by atoms with Crippen LogP contribution in [0.25, 0.3) is 0 Å². The molecule has 3 amide bonds. The highest BCUT2D eigenvalue weighted by atomic mass is 32.1. The Hall–Kier alpha value is -2.71. The molecule has 0 unspecified atom stereocenters. The molecule has 0 atom stereocenters. The Balaban J connectivity index is 1.87. The monoisotopic (exact) mass is 430 g/mol. The molecule has 7 nitrogen and oxygen atoms in total. The maximum absolute atomic E-state index is 12.5. The van der Waals surface area contributed by atoms with E-state index in [-0.39, 0.29) is 30.8 Å². The van der Waals surface area contributed by atoms with E-state index in [1.807, 2.05) is 38.3 Å². The van der Waals surface area contributed by atoms with Crippen LogP contribution in [0.2, 0.25) is 0 Å². The molecule has 30 heavy (non-hydrogen) atoms.